The first kappa shape index (κ1) is 22.7. The summed E-state index contributed by atoms with van der Waals surface area (Å²) in [5.74, 6) is -0.878. The van der Waals surface area contributed by atoms with Crippen LogP contribution in [-0.4, -0.2) is 24.9 Å². The van der Waals surface area contributed by atoms with Crippen molar-refractivity contribution in [3.05, 3.63) is 64.2 Å². The monoisotopic (exact) mass is 427 g/mol. The average molecular weight is 428 g/mol. The van der Waals surface area contributed by atoms with Crippen LogP contribution >= 0.6 is 11.6 Å². The number of anilines is 1. The maximum Gasteiger partial charge on any atom is 0.416 e. The number of hydrogen-bond donors (Lipinski definition) is 3. The summed E-state index contributed by atoms with van der Waals surface area (Å²) in [4.78, 5) is 23.9. The van der Waals surface area contributed by atoms with Gasteiger partial charge in [-0.25, -0.2) is 0 Å². The lowest BCUT2D eigenvalue weighted by molar-refractivity contribution is -0.137. The molecule has 0 saturated heterocycles. The summed E-state index contributed by atoms with van der Waals surface area (Å²) in [6.45, 7) is 3.01. The molecule has 2 amide bonds. The van der Waals surface area contributed by atoms with E-state index in [1.54, 1.807) is 38.1 Å². The van der Waals surface area contributed by atoms with Crippen LogP contribution in [0.4, 0.5) is 18.9 Å². The smallest absolute Gasteiger partial charge is 0.346 e. The van der Waals surface area contributed by atoms with E-state index in [1.165, 1.54) is 6.07 Å². The van der Waals surface area contributed by atoms with Gasteiger partial charge in [-0.2, -0.15) is 13.2 Å². The largest absolute Gasteiger partial charge is 0.416 e. The Morgan fingerprint density at radius 1 is 1.07 bits per heavy atom. The van der Waals surface area contributed by atoms with E-state index < -0.39 is 29.6 Å². The Bertz CT molecular complexity index is 888. The summed E-state index contributed by atoms with van der Waals surface area (Å²) in [6.07, 6.45) is -4.43. The minimum Gasteiger partial charge on any atom is -0.346 e. The molecule has 0 aromatic heterocycles. The molecule has 1 atom stereocenters. The summed E-state index contributed by atoms with van der Waals surface area (Å²) >= 11 is 5.99. The minimum absolute atomic E-state index is 0.152. The molecule has 0 spiro atoms. The van der Waals surface area contributed by atoms with Crippen molar-refractivity contribution in [2.45, 2.75) is 26.1 Å². The Labute approximate surface area is 171 Å². The second kappa shape index (κ2) is 9.76. The van der Waals surface area contributed by atoms with E-state index in [9.17, 15) is 22.8 Å². The molecule has 2 aromatic rings. The van der Waals surface area contributed by atoms with Gasteiger partial charge in [0.2, 0.25) is 11.8 Å². The molecule has 0 saturated carbocycles. The van der Waals surface area contributed by atoms with E-state index in [-0.39, 0.29) is 13.1 Å². The van der Waals surface area contributed by atoms with Crippen molar-refractivity contribution in [2.24, 2.45) is 0 Å². The summed E-state index contributed by atoms with van der Waals surface area (Å²) in [7, 11) is 0. The summed E-state index contributed by atoms with van der Waals surface area (Å²) in [5.41, 5.74) is 0.918. The summed E-state index contributed by atoms with van der Waals surface area (Å²) in [6, 6.07) is 9.50. The predicted molar refractivity (Wildman–Crippen MR) is 106 cm³/mol. The van der Waals surface area contributed by atoms with Crippen LogP contribution < -0.4 is 16.0 Å². The lowest BCUT2D eigenvalue weighted by Gasteiger charge is -2.16. The first-order valence-electron chi connectivity index (χ1n) is 8.80. The van der Waals surface area contributed by atoms with Gasteiger partial charge in [0.25, 0.3) is 0 Å². The van der Waals surface area contributed by atoms with Crippen molar-refractivity contribution in [2.75, 3.05) is 18.4 Å². The maximum atomic E-state index is 12.8. The van der Waals surface area contributed by atoms with Gasteiger partial charge in [-0.15, -0.1) is 0 Å². The molecule has 0 fully saturated rings. The minimum atomic E-state index is -4.43. The van der Waals surface area contributed by atoms with Crippen molar-refractivity contribution in [1.29, 1.82) is 0 Å². The zero-order valence-electron chi connectivity index (χ0n) is 15.9. The Morgan fingerprint density at radius 3 is 2.45 bits per heavy atom. The number of carbonyl (C=O) groups excluding carboxylic acids is 2. The maximum absolute atomic E-state index is 12.8. The first-order valence-corrected chi connectivity index (χ1v) is 9.18. The number of halogens is 4. The topological polar surface area (TPSA) is 70.2 Å². The van der Waals surface area contributed by atoms with Crippen LogP contribution in [0.2, 0.25) is 5.02 Å². The number of amides is 2. The highest BCUT2D eigenvalue weighted by molar-refractivity contribution is 6.31. The van der Waals surface area contributed by atoms with Crippen LogP contribution in [0.5, 0.6) is 0 Å². The van der Waals surface area contributed by atoms with Crippen molar-refractivity contribution >= 4 is 29.1 Å². The number of nitrogens with one attached hydrogen (secondary N) is 3. The van der Waals surface area contributed by atoms with Crippen LogP contribution in [0.25, 0.3) is 0 Å². The lowest BCUT2D eigenvalue weighted by atomic mass is 10.0. The molecule has 3 N–H and O–H groups in total. The lowest BCUT2D eigenvalue weighted by Crippen LogP contribution is -2.39. The molecule has 1 unspecified atom stereocenters. The van der Waals surface area contributed by atoms with Crippen LogP contribution in [0.3, 0.4) is 0 Å². The fourth-order valence-corrected chi connectivity index (χ4v) is 2.70. The molecular formula is C20H21ClF3N3O2. The van der Waals surface area contributed by atoms with Crippen molar-refractivity contribution in [1.82, 2.24) is 10.6 Å². The zero-order chi connectivity index (χ0) is 21.6. The second-order valence-electron chi connectivity index (χ2n) is 6.46. The number of rotatable bonds is 7. The normalized spacial score (nSPS) is 12.3. The molecule has 29 heavy (non-hydrogen) atoms. The fourth-order valence-electron chi connectivity index (χ4n) is 2.53. The molecule has 0 bridgehead atoms. The van der Waals surface area contributed by atoms with Crippen LogP contribution in [0.1, 0.15) is 29.7 Å². The molecule has 156 valence electrons. The first-order chi connectivity index (χ1) is 13.6. The van der Waals surface area contributed by atoms with Gasteiger partial charge in [0.15, 0.2) is 0 Å². The van der Waals surface area contributed by atoms with E-state index in [0.717, 1.165) is 12.1 Å². The Hall–Kier alpha value is -2.58. The average Bonchev–Trinajstić information content (AvgIpc) is 2.67. The van der Waals surface area contributed by atoms with Gasteiger partial charge >= 0.3 is 6.18 Å². The van der Waals surface area contributed by atoms with Gasteiger partial charge in [-0.05, 0) is 49.2 Å². The van der Waals surface area contributed by atoms with E-state index in [1.807, 2.05) is 0 Å². The predicted octanol–water partition coefficient (Wildman–Crippen LogP) is 4.07. The molecule has 5 nitrogen and oxygen atoms in total. The molecule has 9 heteroatoms. The van der Waals surface area contributed by atoms with E-state index in [2.05, 4.69) is 16.0 Å². The molecule has 0 heterocycles. The highest BCUT2D eigenvalue weighted by atomic mass is 35.5. The Kier molecular flexibility index (Phi) is 7.64. The quantitative estimate of drug-likeness (QED) is 0.623. The highest BCUT2D eigenvalue weighted by Crippen LogP contribution is 2.30. The van der Waals surface area contributed by atoms with E-state index >= 15 is 0 Å². The molecule has 0 radical (unpaired) electrons. The second-order valence-corrected chi connectivity index (χ2v) is 6.87. The molecule has 0 aliphatic carbocycles. The summed E-state index contributed by atoms with van der Waals surface area (Å²) in [5, 5.41) is 8.46. The van der Waals surface area contributed by atoms with Crippen LogP contribution in [-0.2, 0) is 15.8 Å². The van der Waals surface area contributed by atoms with Gasteiger partial charge in [0, 0.05) is 16.8 Å². The highest BCUT2D eigenvalue weighted by Gasteiger charge is 2.30. The van der Waals surface area contributed by atoms with Gasteiger partial charge in [0.05, 0.1) is 18.7 Å². The number of carbonyl (C=O) groups is 2. The third-order valence-electron chi connectivity index (χ3n) is 4.27. The molecular weight excluding hydrogens is 407 g/mol. The van der Waals surface area contributed by atoms with Crippen molar-refractivity contribution in [3.63, 3.8) is 0 Å². The van der Waals surface area contributed by atoms with E-state index in [0.29, 0.717) is 21.8 Å². The zero-order valence-corrected chi connectivity index (χ0v) is 16.6. The molecule has 2 rings (SSSR count). The van der Waals surface area contributed by atoms with Gasteiger partial charge in [0.1, 0.15) is 0 Å². The third kappa shape index (κ3) is 6.76. The van der Waals surface area contributed by atoms with Crippen molar-refractivity contribution < 1.29 is 22.8 Å². The van der Waals surface area contributed by atoms with Gasteiger partial charge < -0.3 is 16.0 Å². The summed E-state index contributed by atoms with van der Waals surface area (Å²) < 4.78 is 38.4. The molecule has 2 aromatic carbocycles. The molecule has 0 aliphatic heterocycles. The number of hydrogen-bond acceptors (Lipinski definition) is 3. The van der Waals surface area contributed by atoms with Gasteiger partial charge in [-0.3, -0.25) is 9.59 Å². The van der Waals surface area contributed by atoms with Crippen molar-refractivity contribution in [3.8, 4) is 0 Å². The number of alkyl halides is 3. The third-order valence-corrected chi connectivity index (χ3v) is 4.68. The van der Waals surface area contributed by atoms with Crippen LogP contribution in [0.15, 0.2) is 42.5 Å². The Balaban J connectivity index is 1.81. The van der Waals surface area contributed by atoms with Gasteiger partial charge in [-0.1, -0.05) is 29.8 Å². The Morgan fingerprint density at radius 2 is 1.76 bits per heavy atom. The molecule has 0 aliphatic rings. The standard InChI is InChI=1S/C20H21ClF3N3O2/c1-12-16(21)7-4-8-17(12)27-19(29)11-26-18(28)10-25-13(2)14-5-3-6-15(9-14)20(22,23)24/h3-9,13,25H,10-11H2,1-2H3,(H,26,28)(H,27,29). The number of benzene rings is 2. The van der Waals surface area contributed by atoms with E-state index in [4.69, 9.17) is 11.6 Å². The SMILES string of the molecule is Cc1c(Cl)cccc1NC(=O)CNC(=O)CNC(C)c1cccc(C(F)(F)F)c1. The fraction of sp³-hybridized carbons (Fsp3) is 0.300. The van der Waals surface area contributed by atoms with Crippen LogP contribution in [0, 0.1) is 6.92 Å².